The van der Waals surface area contributed by atoms with Crippen LogP contribution in [0, 0.1) is 0 Å². The zero-order valence-electron chi connectivity index (χ0n) is 15.1. The topological polar surface area (TPSA) is 82.5 Å². The quantitative estimate of drug-likeness (QED) is 0.475. The van der Waals surface area contributed by atoms with Gasteiger partial charge in [-0.05, 0) is 35.3 Å². The Morgan fingerprint density at radius 2 is 1.96 bits per heavy atom. The summed E-state index contributed by atoms with van der Waals surface area (Å²) in [5.41, 5.74) is 4.55. The zero-order chi connectivity index (χ0) is 19.1. The monoisotopic (exact) mass is 353 g/mol. The molecule has 1 aromatic carbocycles. The van der Waals surface area contributed by atoms with Gasteiger partial charge in [0.05, 0.1) is 0 Å². The van der Waals surface area contributed by atoms with Gasteiger partial charge in [0.1, 0.15) is 0 Å². The molecule has 0 aliphatic heterocycles. The molecule has 0 aliphatic rings. The molecule has 0 aliphatic carbocycles. The Morgan fingerprint density at radius 1 is 1.23 bits per heavy atom. The molecular formula is C20H23N3O3. The van der Waals surface area contributed by atoms with Crippen LogP contribution in [0.2, 0.25) is 0 Å². The van der Waals surface area contributed by atoms with E-state index in [9.17, 15) is 9.59 Å². The molecular weight excluding hydrogens is 330 g/mol. The van der Waals surface area contributed by atoms with Crippen molar-refractivity contribution >= 4 is 17.9 Å². The van der Waals surface area contributed by atoms with Crippen LogP contribution in [-0.4, -0.2) is 34.0 Å². The lowest BCUT2D eigenvalue weighted by molar-refractivity contribution is -0.124. The summed E-state index contributed by atoms with van der Waals surface area (Å²) >= 11 is 0. The predicted molar refractivity (Wildman–Crippen MR) is 99.5 cm³/mol. The Hall–Kier alpha value is -2.99. The smallest absolute Gasteiger partial charge is 0.267 e. The molecule has 2 rings (SSSR count). The molecule has 0 saturated heterocycles. The van der Waals surface area contributed by atoms with E-state index >= 15 is 0 Å². The Bertz CT molecular complexity index is 798. The number of nitrogens with one attached hydrogen (secondary N) is 1. The van der Waals surface area contributed by atoms with Gasteiger partial charge in [0.15, 0.2) is 0 Å². The number of pyridine rings is 1. The van der Waals surface area contributed by atoms with Crippen LogP contribution in [-0.2, 0) is 11.3 Å². The van der Waals surface area contributed by atoms with Gasteiger partial charge in [0.2, 0.25) is 0 Å². The van der Waals surface area contributed by atoms with Gasteiger partial charge in [-0.25, -0.2) is 5.48 Å². The number of carbonyl (C=O) groups is 2. The van der Waals surface area contributed by atoms with E-state index in [2.05, 4.69) is 18.8 Å². The third kappa shape index (κ3) is 5.00. The Balaban J connectivity index is 2.15. The highest BCUT2D eigenvalue weighted by Crippen LogP contribution is 2.16. The van der Waals surface area contributed by atoms with Gasteiger partial charge in [0.25, 0.3) is 11.8 Å². The first-order valence-corrected chi connectivity index (χ1v) is 8.34. The number of carbonyl (C=O) groups excluding carboxylic acids is 2. The zero-order valence-corrected chi connectivity index (χ0v) is 15.1. The van der Waals surface area contributed by atoms with Gasteiger partial charge in [-0.1, -0.05) is 38.1 Å². The first kappa shape index (κ1) is 19.3. The van der Waals surface area contributed by atoms with Gasteiger partial charge in [-0.15, -0.1) is 0 Å². The number of hydrogen-bond acceptors (Lipinski definition) is 4. The maximum atomic E-state index is 12.8. The van der Waals surface area contributed by atoms with E-state index in [1.54, 1.807) is 42.4 Å². The molecule has 6 nitrogen and oxygen atoms in total. The molecule has 0 saturated carbocycles. The first-order valence-electron chi connectivity index (χ1n) is 8.34. The standard InChI is InChI=1S/C20H23N3O3/c1-14(2)18-10-8-15(12-21-18)13-23(3)20(25)17-7-5-4-6-16(17)9-11-19(24)22-26/h4-12,14,26H,13H2,1-3H3,(H,22,24)/b11-9+. The van der Waals surface area contributed by atoms with Crippen molar-refractivity contribution in [3.63, 3.8) is 0 Å². The SMILES string of the molecule is CC(C)c1ccc(CN(C)C(=O)c2ccccc2/C=C/C(=O)NO)cn1. The summed E-state index contributed by atoms with van der Waals surface area (Å²) in [6.45, 7) is 4.59. The van der Waals surface area contributed by atoms with Crippen LogP contribution in [0.4, 0.5) is 0 Å². The lowest BCUT2D eigenvalue weighted by Gasteiger charge is -2.18. The maximum absolute atomic E-state index is 12.8. The third-order valence-electron chi connectivity index (χ3n) is 3.92. The fourth-order valence-electron chi connectivity index (χ4n) is 2.46. The Kier molecular flexibility index (Phi) is 6.63. The number of hydrogen-bond donors (Lipinski definition) is 2. The average molecular weight is 353 g/mol. The molecule has 0 radical (unpaired) electrons. The van der Waals surface area contributed by atoms with Gasteiger partial charge >= 0.3 is 0 Å². The minimum Gasteiger partial charge on any atom is -0.337 e. The fraction of sp³-hybridized carbons (Fsp3) is 0.250. The molecule has 1 aromatic heterocycles. The molecule has 1 heterocycles. The summed E-state index contributed by atoms with van der Waals surface area (Å²) < 4.78 is 0. The van der Waals surface area contributed by atoms with Gasteiger partial charge in [-0.3, -0.25) is 19.8 Å². The molecule has 26 heavy (non-hydrogen) atoms. The largest absolute Gasteiger partial charge is 0.337 e. The highest BCUT2D eigenvalue weighted by Gasteiger charge is 2.15. The lowest BCUT2D eigenvalue weighted by atomic mass is 10.1. The minimum absolute atomic E-state index is 0.164. The van der Waals surface area contributed by atoms with Crippen LogP contribution in [0.3, 0.4) is 0 Å². The molecule has 6 heteroatoms. The molecule has 136 valence electrons. The molecule has 0 unspecified atom stereocenters. The van der Waals surface area contributed by atoms with Crippen molar-refractivity contribution in [2.24, 2.45) is 0 Å². The van der Waals surface area contributed by atoms with Crippen molar-refractivity contribution in [2.75, 3.05) is 7.05 Å². The second-order valence-corrected chi connectivity index (χ2v) is 6.30. The summed E-state index contributed by atoms with van der Waals surface area (Å²) in [6, 6.07) is 10.9. The number of aromatic nitrogens is 1. The van der Waals surface area contributed by atoms with Crippen molar-refractivity contribution in [2.45, 2.75) is 26.3 Å². The molecule has 0 atom stereocenters. The Labute approximate surface area is 153 Å². The van der Waals surface area contributed by atoms with E-state index in [0.29, 0.717) is 23.6 Å². The number of nitrogens with zero attached hydrogens (tertiary/aromatic N) is 2. The second-order valence-electron chi connectivity index (χ2n) is 6.30. The summed E-state index contributed by atoms with van der Waals surface area (Å²) in [7, 11) is 1.72. The van der Waals surface area contributed by atoms with Gasteiger partial charge < -0.3 is 4.90 Å². The van der Waals surface area contributed by atoms with E-state index in [1.165, 1.54) is 17.6 Å². The van der Waals surface area contributed by atoms with Gasteiger partial charge in [-0.2, -0.15) is 0 Å². The molecule has 2 aromatic rings. The van der Waals surface area contributed by atoms with Crippen LogP contribution in [0.5, 0.6) is 0 Å². The van der Waals surface area contributed by atoms with Crippen molar-refractivity contribution < 1.29 is 14.8 Å². The highest BCUT2D eigenvalue weighted by atomic mass is 16.5. The summed E-state index contributed by atoms with van der Waals surface area (Å²) in [5, 5.41) is 8.57. The van der Waals surface area contributed by atoms with Crippen LogP contribution in [0.1, 0.15) is 46.9 Å². The molecule has 0 fully saturated rings. The minimum atomic E-state index is -0.656. The van der Waals surface area contributed by atoms with Crippen LogP contribution in [0.25, 0.3) is 6.08 Å². The van der Waals surface area contributed by atoms with Crippen LogP contribution >= 0.6 is 0 Å². The van der Waals surface area contributed by atoms with Crippen LogP contribution in [0.15, 0.2) is 48.7 Å². The van der Waals surface area contributed by atoms with Crippen molar-refractivity contribution in [3.05, 3.63) is 71.1 Å². The maximum Gasteiger partial charge on any atom is 0.267 e. The normalized spacial score (nSPS) is 11.0. The molecule has 0 bridgehead atoms. The fourth-order valence-corrected chi connectivity index (χ4v) is 2.46. The average Bonchev–Trinajstić information content (AvgIpc) is 2.66. The van der Waals surface area contributed by atoms with E-state index in [0.717, 1.165) is 11.3 Å². The molecule has 2 amide bonds. The van der Waals surface area contributed by atoms with E-state index in [-0.39, 0.29) is 5.91 Å². The van der Waals surface area contributed by atoms with Crippen molar-refractivity contribution in [3.8, 4) is 0 Å². The van der Waals surface area contributed by atoms with Gasteiger partial charge in [0, 0.05) is 37.1 Å². The van der Waals surface area contributed by atoms with E-state index in [1.807, 2.05) is 12.1 Å². The van der Waals surface area contributed by atoms with Crippen molar-refractivity contribution in [1.29, 1.82) is 0 Å². The van der Waals surface area contributed by atoms with E-state index < -0.39 is 5.91 Å². The second kappa shape index (κ2) is 8.92. The highest BCUT2D eigenvalue weighted by molar-refractivity contribution is 5.99. The Morgan fingerprint density at radius 3 is 2.58 bits per heavy atom. The molecule has 2 N–H and O–H groups in total. The molecule has 0 spiro atoms. The summed E-state index contributed by atoms with van der Waals surface area (Å²) in [5.74, 6) is -0.460. The number of amides is 2. The predicted octanol–water partition coefficient (Wildman–Crippen LogP) is 3.00. The number of benzene rings is 1. The first-order chi connectivity index (χ1) is 12.4. The van der Waals surface area contributed by atoms with Crippen molar-refractivity contribution in [1.82, 2.24) is 15.4 Å². The van der Waals surface area contributed by atoms with Crippen LogP contribution < -0.4 is 5.48 Å². The third-order valence-corrected chi connectivity index (χ3v) is 3.92. The summed E-state index contributed by atoms with van der Waals surface area (Å²) in [4.78, 5) is 30.0. The number of rotatable bonds is 6. The number of hydroxylamine groups is 1. The van der Waals surface area contributed by atoms with E-state index in [4.69, 9.17) is 5.21 Å². The lowest BCUT2D eigenvalue weighted by Crippen LogP contribution is -2.27. The summed E-state index contributed by atoms with van der Waals surface area (Å²) in [6.07, 6.45) is 4.45.